The lowest BCUT2D eigenvalue weighted by Crippen LogP contribution is -2.48. The molecule has 0 spiro atoms. The van der Waals surface area contributed by atoms with Crippen molar-refractivity contribution >= 4 is 11.1 Å². The molecule has 5 aliphatic rings. The molecule has 2 heterocycles. The summed E-state index contributed by atoms with van der Waals surface area (Å²) in [6.07, 6.45) is 10.1. The van der Waals surface area contributed by atoms with Crippen molar-refractivity contribution < 1.29 is 4.42 Å². The molecule has 4 bridgehead atoms. The minimum Gasteiger partial charge on any atom is -0.443 e. The van der Waals surface area contributed by atoms with Crippen molar-refractivity contribution in [2.75, 3.05) is 0 Å². The lowest BCUT2D eigenvalue weighted by atomic mass is 9.48. The lowest BCUT2D eigenvalue weighted by molar-refractivity contribution is -0.00518. The minimum absolute atomic E-state index is 0.197. The molecule has 0 N–H and O–H groups in total. The zero-order chi connectivity index (χ0) is 34.6. The summed E-state index contributed by atoms with van der Waals surface area (Å²) in [7, 11) is 0. The monoisotopic (exact) mass is 675 g/mol. The molecule has 12 rings (SSSR count). The number of oxazole rings is 1. The van der Waals surface area contributed by atoms with Gasteiger partial charge in [0.15, 0.2) is 17.8 Å². The van der Waals surface area contributed by atoms with Gasteiger partial charge in [-0.2, -0.15) is 0 Å². The molecule has 4 nitrogen and oxygen atoms in total. The van der Waals surface area contributed by atoms with Gasteiger partial charge < -0.3 is 4.42 Å². The average molecular weight is 676 g/mol. The first kappa shape index (κ1) is 30.3. The van der Waals surface area contributed by atoms with Crippen LogP contribution in [0.1, 0.15) is 69.1 Å². The van der Waals surface area contributed by atoms with Crippen molar-refractivity contribution in [1.82, 2.24) is 15.0 Å². The quantitative estimate of drug-likeness (QED) is 0.182. The van der Waals surface area contributed by atoms with Gasteiger partial charge in [0.2, 0.25) is 0 Å². The number of fused-ring (bicyclic) bond motifs is 4. The first-order valence-electron chi connectivity index (χ1n) is 19.1. The molecule has 4 heteroatoms. The summed E-state index contributed by atoms with van der Waals surface area (Å²) in [5.41, 5.74) is 16.0. The maximum atomic E-state index is 5.82. The first-order valence-corrected chi connectivity index (χ1v) is 19.1. The van der Waals surface area contributed by atoms with E-state index in [2.05, 4.69) is 128 Å². The predicted octanol–water partition coefficient (Wildman–Crippen LogP) is 12.1. The highest BCUT2D eigenvalue weighted by Gasteiger charge is 2.51. The van der Waals surface area contributed by atoms with Crippen molar-refractivity contribution in [3.05, 3.63) is 138 Å². The maximum absolute atomic E-state index is 5.82. The van der Waals surface area contributed by atoms with E-state index in [0.29, 0.717) is 5.41 Å². The van der Waals surface area contributed by atoms with Gasteiger partial charge in [-0.3, -0.25) is 0 Å². The Labute approximate surface area is 305 Å². The molecule has 0 aliphatic heterocycles. The van der Waals surface area contributed by atoms with Crippen molar-refractivity contribution in [1.29, 1.82) is 0 Å². The zero-order valence-corrected chi connectivity index (χ0v) is 29.8. The van der Waals surface area contributed by atoms with Crippen molar-refractivity contribution in [3.8, 4) is 56.2 Å². The zero-order valence-electron chi connectivity index (χ0n) is 29.8. The maximum Gasteiger partial charge on any atom is 0.182 e. The summed E-state index contributed by atoms with van der Waals surface area (Å²) >= 11 is 0. The molecule has 5 aliphatic carbocycles. The Morgan fingerprint density at radius 2 is 1.17 bits per heavy atom. The van der Waals surface area contributed by atoms with Crippen LogP contribution in [0.2, 0.25) is 0 Å². The van der Waals surface area contributed by atoms with Gasteiger partial charge in [0.1, 0.15) is 5.52 Å². The van der Waals surface area contributed by atoms with E-state index in [1.54, 1.807) is 0 Å². The molecule has 4 saturated carbocycles. The van der Waals surface area contributed by atoms with Crippen LogP contribution in [0.3, 0.4) is 0 Å². The van der Waals surface area contributed by atoms with Crippen LogP contribution in [-0.4, -0.2) is 15.0 Å². The number of aromatic nitrogens is 3. The molecule has 0 saturated heterocycles. The van der Waals surface area contributed by atoms with Crippen LogP contribution in [0, 0.1) is 17.8 Å². The summed E-state index contributed by atoms with van der Waals surface area (Å²) in [6, 6.07) is 42.0. The van der Waals surface area contributed by atoms with E-state index in [1.807, 2.05) is 6.07 Å². The molecule has 0 unspecified atom stereocenters. The van der Waals surface area contributed by atoms with Gasteiger partial charge >= 0.3 is 0 Å². The molecular weight excluding hydrogens is 635 g/mol. The number of para-hydroxylation sites is 1. The van der Waals surface area contributed by atoms with Crippen molar-refractivity contribution in [3.63, 3.8) is 0 Å². The second-order valence-corrected chi connectivity index (χ2v) is 16.8. The van der Waals surface area contributed by atoms with Gasteiger partial charge in [-0.15, -0.1) is 0 Å². The Morgan fingerprint density at radius 1 is 0.558 bits per heavy atom. The fraction of sp³-hybridized carbons (Fsp3) is 0.271. The summed E-state index contributed by atoms with van der Waals surface area (Å²) in [4.78, 5) is 14.9. The minimum atomic E-state index is -0.197. The van der Waals surface area contributed by atoms with Gasteiger partial charge in [-0.1, -0.05) is 105 Å². The number of nitrogens with zero attached hydrogens (tertiary/aromatic N) is 3. The molecule has 2 aromatic heterocycles. The lowest BCUT2D eigenvalue weighted by Gasteiger charge is -2.57. The molecule has 4 fully saturated rings. The predicted molar refractivity (Wildman–Crippen MR) is 209 cm³/mol. The highest BCUT2D eigenvalue weighted by molar-refractivity contribution is 5.92. The summed E-state index contributed by atoms with van der Waals surface area (Å²) < 4.78 is 5.82. The van der Waals surface area contributed by atoms with Crippen LogP contribution in [0.25, 0.3) is 67.3 Å². The molecule has 254 valence electrons. The Bertz CT molecular complexity index is 2490. The molecular formula is C48H41N3O. The van der Waals surface area contributed by atoms with Crippen LogP contribution in [-0.2, 0) is 10.8 Å². The standard InChI is InChI=1S/C48H41N3O/c1-47(2)40-22-34(37-9-6-10-42-45(37)52-28-49-42)13-17-38(40)39-18-14-35(23-41(39)47)44-24-43(32-7-4-3-5-8-32)50-46(51-44)33-11-15-36(16-12-33)48-25-29-19-30(26-48)21-31(20-29)27-48/h3-18,22-24,28-31H,19-21,25-27H2,1-2H3. The SMILES string of the molecule is CC1(C)c2cc(-c3cc(-c4ccccc4)nc(-c4ccc(C56CC7CC(CC(C7)C5)C6)cc4)n3)ccc2-c2ccc(-c3cccc4ncoc34)cc21. The summed E-state index contributed by atoms with van der Waals surface area (Å²) in [5, 5.41) is 0. The molecule has 5 aromatic carbocycles. The third-order valence-corrected chi connectivity index (χ3v) is 13.2. The smallest absolute Gasteiger partial charge is 0.182 e. The molecule has 52 heavy (non-hydrogen) atoms. The van der Waals surface area contributed by atoms with E-state index in [0.717, 1.165) is 73.9 Å². The van der Waals surface area contributed by atoms with E-state index in [9.17, 15) is 0 Å². The fourth-order valence-electron chi connectivity index (χ4n) is 11.1. The van der Waals surface area contributed by atoms with E-state index in [1.165, 1.54) is 72.7 Å². The van der Waals surface area contributed by atoms with Crippen LogP contribution in [0.5, 0.6) is 0 Å². The molecule has 0 amide bonds. The summed E-state index contributed by atoms with van der Waals surface area (Å²) in [5.74, 6) is 3.57. The first-order chi connectivity index (χ1) is 25.4. The topological polar surface area (TPSA) is 51.8 Å². The summed E-state index contributed by atoms with van der Waals surface area (Å²) in [6.45, 7) is 4.68. The second kappa shape index (κ2) is 11.1. The second-order valence-electron chi connectivity index (χ2n) is 16.8. The number of benzene rings is 5. The molecule has 0 radical (unpaired) electrons. The highest BCUT2D eigenvalue weighted by Crippen LogP contribution is 2.61. The number of rotatable bonds is 5. The Balaban J connectivity index is 0.978. The van der Waals surface area contributed by atoms with E-state index in [4.69, 9.17) is 14.4 Å². The van der Waals surface area contributed by atoms with Crippen LogP contribution < -0.4 is 0 Å². The van der Waals surface area contributed by atoms with Crippen LogP contribution >= 0.6 is 0 Å². The highest BCUT2D eigenvalue weighted by atomic mass is 16.3. The number of hydrogen-bond acceptors (Lipinski definition) is 4. The van der Waals surface area contributed by atoms with Gasteiger partial charge in [0.25, 0.3) is 0 Å². The van der Waals surface area contributed by atoms with Gasteiger partial charge in [-0.05, 0) is 119 Å². The van der Waals surface area contributed by atoms with Gasteiger partial charge in [0, 0.05) is 27.7 Å². The van der Waals surface area contributed by atoms with Crippen LogP contribution in [0.15, 0.2) is 126 Å². The van der Waals surface area contributed by atoms with E-state index in [-0.39, 0.29) is 5.41 Å². The van der Waals surface area contributed by atoms with Gasteiger partial charge in [0.05, 0.1) is 11.4 Å². The largest absolute Gasteiger partial charge is 0.443 e. The fourth-order valence-corrected chi connectivity index (χ4v) is 11.1. The van der Waals surface area contributed by atoms with Gasteiger partial charge in [-0.25, -0.2) is 15.0 Å². The van der Waals surface area contributed by atoms with Crippen molar-refractivity contribution in [2.24, 2.45) is 17.8 Å². The number of hydrogen-bond donors (Lipinski definition) is 0. The Morgan fingerprint density at radius 3 is 1.87 bits per heavy atom. The van der Waals surface area contributed by atoms with Crippen molar-refractivity contribution in [2.45, 2.75) is 63.2 Å². The third-order valence-electron chi connectivity index (χ3n) is 13.2. The third kappa shape index (κ3) is 4.62. The van der Waals surface area contributed by atoms with Crippen LogP contribution in [0.4, 0.5) is 0 Å². The molecule has 0 atom stereocenters. The normalized spacial score (nSPS) is 23.5. The Kier molecular flexibility index (Phi) is 6.45. The van der Waals surface area contributed by atoms with E-state index < -0.39 is 0 Å². The average Bonchev–Trinajstić information content (AvgIpc) is 3.75. The molecule has 7 aromatic rings. The van der Waals surface area contributed by atoms with E-state index >= 15 is 0 Å². The Hall–Kier alpha value is -5.35.